The Hall–Kier alpha value is -1.74. The number of carbonyl (C=O) groups is 1. The summed E-state index contributed by atoms with van der Waals surface area (Å²) in [5, 5.41) is 16.3. The number of nitrogens with zero attached hydrogens (tertiary/aromatic N) is 2. The zero-order valence-corrected chi connectivity index (χ0v) is 12.6. The van der Waals surface area contributed by atoms with Crippen molar-refractivity contribution in [2.45, 2.75) is 13.0 Å². The number of hydrogen-bond donors (Lipinski definition) is 2. The van der Waals surface area contributed by atoms with Crippen LogP contribution in [0.25, 0.3) is 0 Å². The number of halogens is 1. The van der Waals surface area contributed by atoms with Gasteiger partial charge in [0.25, 0.3) is 0 Å². The van der Waals surface area contributed by atoms with Gasteiger partial charge in [0.15, 0.2) is 0 Å². The molecule has 0 aliphatic heterocycles. The van der Waals surface area contributed by atoms with Gasteiger partial charge in [-0.2, -0.15) is 0 Å². The standard InChI is InChI=1S/C11H15BrN4O4/c1-7(11(17)13-3-4-20-2)15-10-9(16(18)19)5-8(12)6-14-10/h5-7H,3-4H2,1-2H3,(H,13,17)(H,14,15). The van der Waals surface area contributed by atoms with Crippen LogP contribution in [0.1, 0.15) is 6.92 Å². The Morgan fingerprint density at radius 2 is 2.35 bits per heavy atom. The summed E-state index contributed by atoms with van der Waals surface area (Å²) in [7, 11) is 1.53. The molecule has 1 heterocycles. The number of rotatable bonds is 7. The molecule has 20 heavy (non-hydrogen) atoms. The third-order valence-electron chi connectivity index (χ3n) is 2.38. The molecule has 9 heteroatoms. The minimum absolute atomic E-state index is 0.0487. The van der Waals surface area contributed by atoms with E-state index in [4.69, 9.17) is 4.74 Å². The lowest BCUT2D eigenvalue weighted by Crippen LogP contribution is -2.39. The van der Waals surface area contributed by atoms with Gasteiger partial charge in [-0.05, 0) is 22.9 Å². The molecule has 0 aliphatic rings. The fraction of sp³-hybridized carbons (Fsp3) is 0.455. The Balaban J connectivity index is 2.72. The molecule has 0 spiro atoms. The van der Waals surface area contributed by atoms with E-state index in [1.165, 1.54) is 19.4 Å². The number of pyridine rings is 1. The highest BCUT2D eigenvalue weighted by atomic mass is 79.9. The van der Waals surface area contributed by atoms with E-state index in [9.17, 15) is 14.9 Å². The highest BCUT2D eigenvalue weighted by Crippen LogP contribution is 2.25. The largest absolute Gasteiger partial charge is 0.383 e. The summed E-state index contributed by atoms with van der Waals surface area (Å²) < 4.78 is 5.30. The minimum atomic E-state index is -0.653. The molecule has 0 fully saturated rings. The van der Waals surface area contributed by atoms with Gasteiger partial charge in [0.1, 0.15) is 6.04 Å². The van der Waals surface area contributed by atoms with Gasteiger partial charge >= 0.3 is 5.69 Å². The van der Waals surface area contributed by atoms with Gasteiger partial charge in [-0.3, -0.25) is 14.9 Å². The zero-order valence-electron chi connectivity index (χ0n) is 11.1. The summed E-state index contributed by atoms with van der Waals surface area (Å²) in [4.78, 5) is 26.0. The van der Waals surface area contributed by atoms with Crippen molar-refractivity contribution in [3.8, 4) is 0 Å². The van der Waals surface area contributed by atoms with Crippen LogP contribution >= 0.6 is 15.9 Å². The predicted molar refractivity (Wildman–Crippen MR) is 76.6 cm³/mol. The second kappa shape index (κ2) is 7.75. The quantitative estimate of drug-likeness (QED) is 0.438. The van der Waals surface area contributed by atoms with Gasteiger partial charge in [0.05, 0.1) is 11.5 Å². The SMILES string of the molecule is COCCNC(=O)C(C)Nc1ncc(Br)cc1[N+](=O)[O-]. The Kier molecular flexibility index (Phi) is 6.32. The van der Waals surface area contributed by atoms with Gasteiger partial charge in [0, 0.05) is 30.4 Å². The molecule has 110 valence electrons. The highest BCUT2D eigenvalue weighted by Gasteiger charge is 2.20. The second-order valence-electron chi connectivity index (χ2n) is 3.93. The molecule has 1 atom stereocenters. The van der Waals surface area contributed by atoms with E-state index < -0.39 is 11.0 Å². The number of hydrogen-bond acceptors (Lipinski definition) is 6. The molecular formula is C11H15BrN4O4. The van der Waals surface area contributed by atoms with Gasteiger partial charge < -0.3 is 15.4 Å². The number of carbonyl (C=O) groups excluding carboxylic acids is 1. The second-order valence-corrected chi connectivity index (χ2v) is 4.84. The van der Waals surface area contributed by atoms with Crippen LogP contribution < -0.4 is 10.6 Å². The molecule has 2 N–H and O–H groups in total. The predicted octanol–water partition coefficient (Wildman–Crippen LogP) is 1.32. The number of aromatic nitrogens is 1. The lowest BCUT2D eigenvalue weighted by molar-refractivity contribution is -0.384. The Morgan fingerprint density at radius 3 is 2.95 bits per heavy atom. The summed E-state index contributed by atoms with van der Waals surface area (Å²) in [5.74, 6) is -0.242. The molecule has 0 saturated carbocycles. The average Bonchev–Trinajstić information content (AvgIpc) is 2.40. The molecule has 1 unspecified atom stereocenters. The van der Waals surface area contributed by atoms with Crippen molar-refractivity contribution < 1.29 is 14.5 Å². The Labute approximate surface area is 124 Å². The molecule has 1 amide bonds. The third kappa shape index (κ3) is 4.74. The molecule has 0 radical (unpaired) electrons. The van der Waals surface area contributed by atoms with E-state index >= 15 is 0 Å². The van der Waals surface area contributed by atoms with Crippen LogP contribution in [0, 0.1) is 10.1 Å². The maximum absolute atomic E-state index is 11.7. The van der Waals surface area contributed by atoms with E-state index in [2.05, 4.69) is 31.5 Å². The first-order valence-electron chi connectivity index (χ1n) is 5.78. The first-order valence-corrected chi connectivity index (χ1v) is 6.58. The third-order valence-corrected chi connectivity index (χ3v) is 2.82. The normalized spacial score (nSPS) is 11.8. The highest BCUT2D eigenvalue weighted by molar-refractivity contribution is 9.10. The fourth-order valence-corrected chi connectivity index (χ4v) is 1.70. The summed E-state index contributed by atoms with van der Waals surface area (Å²) >= 11 is 3.11. The number of ether oxygens (including phenoxy) is 1. The molecule has 1 rings (SSSR count). The smallest absolute Gasteiger partial charge is 0.312 e. The molecule has 1 aromatic heterocycles. The first kappa shape index (κ1) is 16.3. The van der Waals surface area contributed by atoms with E-state index in [-0.39, 0.29) is 17.4 Å². The lowest BCUT2D eigenvalue weighted by Gasteiger charge is -2.14. The van der Waals surface area contributed by atoms with E-state index in [1.54, 1.807) is 6.92 Å². The topological polar surface area (TPSA) is 106 Å². The Bertz CT molecular complexity index is 497. The van der Waals surface area contributed by atoms with Crippen LogP contribution in [0.15, 0.2) is 16.7 Å². The fourth-order valence-electron chi connectivity index (χ4n) is 1.38. The van der Waals surface area contributed by atoms with Crippen molar-refractivity contribution in [1.82, 2.24) is 10.3 Å². The van der Waals surface area contributed by atoms with E-state index in [0.29, 0.717) is 17.6 Å². The summed E-state index contributed by atoms with van der Waals surface area (Å²) in [5.41, 5.74) is -0.198. The molecule has 0 bridgehead atoms. The van der Waals surface area contributed by atoms with Crippen LogP contribution in [0.3, 0.4) is 0 Å². The maximum Gasteiger partial charge on any atom is 0.312 e. The average molecular weight is 347 g/mol. The van der Waals surface area contributed by atoms with Crippen LogP contribution in [0.2, 0.25) is 0 Å². The zero-order chi connectivity index (χ0) is 15.1. The number of nitrogens with one attached hydrogen (secondary N) is 2. The van der Waals surface area contributed by atoms with Crippen molar-refractivity contribution in [2.24, 2.45) is 0 Å². The lowest BCUT2D eigenvalue weighted by atomic mass is 10.3. The van der Waals surface area contributed by atoms with Crippen molar-refractivity contribution in [1.29, 1.82) is 0 Å². The Morgan fingerprint density at radius 1 is 1.65 bits per heavy atom. The van der Waals surface area contributed by atoms with Crippen molar-refractivity contribution in [2.75, 3.05) is 25.6 Å². The molecule has 0 aromatic carbocycles. The number of methoxy groups -OCH3 is 1. The maximum atomic E-state index is 11.7. The monoisotopic (exact) mass is 346 g/mol. The van der Waals surface area contributed by atoms with Gasteiger partial charge in [0.2, 0.25) is 11.7 Å². The van der Waals surface area contributed by atoms with Gasteiger partial charge in [-0.1, -0.05) is 0 Å². The van der Waals surface area contributed by atoms with Crippen LogP contribution in [-0.4, -0.2) is 42.1 Å². The molecule has 1 aromatic rings. The van der Waals surface area contributed by atoms with Gasteiger partial charge in [-0.25, -0.2) is 4.98 Å². The summed E-state index contributed by atoms with van der Waals surface area (Å²) in [6.07, 6.45) is 1.42. The van der Waals surface area contributed by atoms with E-state index in [1.807, 2.05) is 0 Å². The molecule has 0 saturated heterocycles. The minimum Gasteiger partial charge on any atom is -0.383 e. The number of anilines is 1. The van der Waals surface area contributed by atoms with Crippen molar-refractivity contribution in [3.05, 3.63) is 26.9 Å². The molecule has 0 aliphatic carbocycles. The number of amides is 1. The molecule has 8 nitrogen and oxygen atoms in total. The van der Waals surface area contributed by atoms with E-state index in [0.717, 1.165) is 0 Å². The van der Waals surface area contributed by atoms with Crippen LogP contribution in [0.5, 0.6) is 0 Å². The number of nitro groups is 1. The summed E-state index contributed by atoms with van der Waals surface area (Å²) in [6, 6.07) is 0.671. The van der Waals surface area contributed by atoms with Crippen LogP contribution in [0.4, 0.5) is 11.5 Å². The molecular weight excluding hydrogens is 332 g/mol. The van der Waals surface area contributed by atoms with Crippen molar-refractivity contribution >= 4 is 33.3 Å². The first-order chi connectivity index (χ1) is 9.45. The van der Waals surface area contributed by atoms with Crippen LogP contribution in [-0.2, 0) is 9.53 Å². The van der Waals surface area contributed by atoms with Gasteiger partial charge in [-0.15, -0.1) is 0 Å². The van der Waals surface area contributed by atoms with Crippen molar-refractivity contribution in [3.63, 3.8) is 0 Å². The summed E-state index contributed by atoms with van der Waals surface area (Å²) in [6.45, 7) is 2.36.